The van der Waals surface area contributed by atoms with E-state index in [1.54, 1.807) is 0 Å². The molecule has 4 nitrogen and oxygen atoms in total. The number of nitrogens with two attached hydrogens (primary N) is 2. The molecule has 6 N–H and O–H groups in total. The van der Waals surface area contributed by atoms with Gasteiger partial charge < -0.3 is 21.9 Å². The van der Waals surface area contributed by atoms with E-state index in [1.807, 2.05) is 0 Å². The summed E-state index contributed by atoms with van der Waals surface area (Å²) in [4.78, 5) is 0. The van der Waals surface area contributed by atoms with Crippen molar-refractivity contribution >= 4 is 0 Å². The molecule has 2 atom stereocenters. The van der Waals surface area contributed by atoms with E-state index in [2.05, 4.69) is 56.1 Å². The summed E-state index contributed by atoms with van der Waals surface area (Å²) >= 11 is 0. The first-order valence-electron chi connectivity index (χ1n) is 11.9. The third kappa shape index (κ3) is 7.57. The summed E-state index contributed by atoms with van der Waals surface area (Å²) in [6.45, 7) is 6.97. The van der Waals surface area contributed by atoms with Gasteiger partial charge >= 0.3 is 0 Å². The molecule has 2 aromatic carbocycles. The van der Waals surface area contributed by atoms with E-state index in [-0.39, 0.29) is 17.4 Å². The minimum absolute atomic E-state index is 0.0635. The first kappa shape index (κ1) is 27.4. The van der Waals surface area contributed by atoms with Gasteiger partial charge in [0.05, 0.1) is 6.10 Å². The fourth-order valence-electron chi connectivity index (χ4n) is 4.59. The lowest BCUT2D eigenvalue weighted by Crippen LogP contribution is -2.51. The zero-order chi connectivity index (χ0) is 24.6. The first-order valence-corrected chi connectivity index (χ1v) is 11.9. The van der Waals surface area contributed by atoms with Crippen molar-refractivity contribution in [2.24, 2.45) is 11.5 Å². The molecule has 3 rings (SSSR count). The van der Waals surface area contributed by atoms with Gasteiger partial charge in [-0.15, -0.1) is 0 Å². The van der Waals surface area contributed by atoms with E-state index >= 15 is 0 Å². The van der Waals surface area contributed by atoms with Crippen molar-refractivity contribution in [2.75, 3.05) is 13.6 Å². The van der Waals surface area contributed by atoms with Crippen LogP contribution >= 0.6 is 0 Å². The summed E-state index contributed by atoms with van der Waals surface area (Å²) in [5.74, 6) is -1.26. The molecule has 2 aromatic rings. The molecule has 33 heavy (non-hydrogen) atoms. The Morgan fingerprint density at radius 2 is 1.61 bits per heavy atom. The Labute approximate surface area is 197 Å². The zero-order valence-electron chi connectivity index (χ0n) is 20.5. The molecule has 184 valence electrons. The van der Waals surface area contributed by atoms with Crippen molar-refractivity contribution in [1.29, 1.82) is 0 Å². The van der Waals surface area contributed by atoms with Crippen LogP contribution < -0.4 is 16.8 Å². The lowest BCUT2D eigenvalue weighted by Gasteiger charge is -2.40. The van der Waals surface area contributed by atoms with Gasteiger partial charge in [-0.2, -0.15) is 0 Å². The Morgan fingerprint density at radius 1 is 1.00 bits per heavy atom. The maximum atomic E-state index is 13.5. The predicted molar refractivity (Wildman–Crippen MR) is 132 cm³/mol. The molecule has 0 heterocycles. The van der Waals surface area contributed by atoms with E-state index in [0.29, 0.717) is 12.1 Å². The molecule has 0 saturated heterocycles. The highest BCUT2D eigenvalue weighted by Crippen LogP contribution is 2.38. The van der Waals surface area contributed by atoms with Gasteiger partial charge in [-0.05, 0) is 60.5 Å². The van der Waals surface area contributed by atoms with Gasteiger partial charge in [0.1, 0.15) is 11.6 Å². The monoisotopic (exact) mass is 461 g/mol. The van der Waals surface area contributed by atoms with Gasteiger partial charge in [0, 0.05) is 24.2 Å². The summed E-state index contributed by atoms with van der Waals surface area (Å²) in [6, 6.07) is 11.5. The summed E-state index contributed by atoms with van der Waals surface area (Å²) < 4.78 is 26.9. The van der Waals surface area contributed by atoms with E-state index < -0.39 is 23.8 Å². The highest BCUT2D eigenvalue weighted by atomic mass is 19.1. The molecule has 0 aliphatic heterocycles. The molecule has 1 fully saturated rings. The van der Waals surface area contributed by atoms with Crippen molar-refractivity contribution in [3.05, 3.63) is 70.8 Å². The van der Waals surface area contributed by atoms with Gasteiger partial charge in [-0.1, -0.05) is 64.3 Å². The van der Waals surface area contributed by atoms with E-state index in [0.717, 1.165) is 31.7 Å². The maximum Gasteiger partial charge on any atom is 0.126 e. The Kier molecular flexibility index (Phi) is 9.98. The van der Waals surface area contributed by atoms with Gasteiger partial charge in [0.2, 0.25) is 0 Å². The van der Waals surface area contributed by atoms with Crippen LogP contribution in [0.2, 0.25) is 0 Å². The Hall–Kier alpha value is -1.86. The van der Waals surface area contributed by atoms with Crippen molar-refractivity contribution in [1.82, 2.24) is 5.32 Å². The highest BCUT2D eigenvalue weighted by Gasteiger charge is 2.35. The maximum absolute atomic E-state index is 13.5. The van der Waals surface area contributed by atoms with Crippen LogP contribution in [-0.4, -0.2) is 30.8 Å². The normalized spacial score (nSPS) is 17.6. The number of benzene rings is 2. The molecule has 0 radical (unpaired) electrons. The lowest BCUT2D eigenvalue weighted by atomic mass is 9.74. The molecular weight excluding hydrogens is 420 g/mol. The number of nitrogens with one attached hydrogen (secondary N) is 1. The minimum Gasteiger partial charge on any atom is -0.390 e. The largest absolute Gasteiger partial charge is 0.390 e. The van der Waals surface area contributed by atoms with E-state index in [4.69, 9.17) is 5.73 Å². The van der Waals surface area contributed by atoms with Gasteiger partial charge in [0.15, 0.2) is 0 Å². The summed E-state index contributed by atoms with van der Waals surface area (Å²) in [5.41, 5.74) is 13.6. The second kappa shape index (κ2) is 12.0. The standard InChI is InChI=1S/C26H36F2N2O.CH5N/c1-25(2,3)19-8-7-9-20(15-19)26(10-5-4-6-11-26)30-17-24(31)23(29)14-18-12-21(27)16-22(28)13-18;1-2/h7-9,12-13,15-16,23-24,30-31H,4-6,10-11,14,17,29H2,1-3H3;2H2,1H3. The van der Waals surface area contributed by atoms with Gasteiger partial charge in [-0.3, -0.25) is 0 Å². The lowest BCUT2D eigenvalue weighted by molar-refractivity contribution is 0.116. The van der Waals surface area contributed by atoms with Crippen LogP contribution in [0, 0.1) is 11.6 Å². The zero-order valence-corrected chi connectivity index (χ0v) is 20.5. The Balaban J connectivity index is 0.00000187. The quantitative estimate of drug-likeness (QED) is 0.489. The van der Waals surface area contributed by atoms with Crippen LogP contribution in [0.15, 0.2) is 42.5 Å². The van der Waals surface area contributed by atoms with Crippen LogP contribution in [0.5, 0.6) is 0 Å². The molecule has 1 aliphatic carbocycles. The second-order valence-electron chi connectivity index (χ2n) is 10.1. The third-order valence-corrected chi connectivity index (χ3v) is 6.53. The first-order chi connectivity index (χ1) is 15.6. The van der Waals surface area contributed by atoms with Crippen LogP contribution in [0.3, 0.4) is 0 Å². The summed E-state index contributed by atoms with van der Waals surface area (Å²) in [5, 5.41) is 14.4. The Morgan fingerprint density at radius 3 is 2.18 bits per heavy atom. The fourth-order valence-corrected chi connectivity index (χ4v) is 4.59. The smallest absolute Gasteiger partial charge is 0.126 e. The molecule has 0 spiro atoms. The highest BCUT2D eigenvalue weighted by molar-refractivity contribution is 5.34. The van der Waals surface area contributed by atoms with Crippen molar-refractivity contribution in [3.63, 3.8) is 0 Å². The fraction of sp³-hybridized carbons (Fsp3) is 0.556. The molecule has 1 saturated carbocycles. The van der Waals surface area contributed by atoms with Crippen LogP contribution in [0.25, 0.3) is 0 Å². The number of rotatable bonds is 7. The molecule has 2 unspecified atom stereocenters. The second-order valence-corrected chi connectivity index (χ2v) is 10.1. The van der Waals surface area contributed by atoms with E-state index in [9.17, 15) is 13.9 Å². The molecular formula is C27H41F2N3O. The average molecular weight is 462 g/mol. The average Bonchev–Trinajstić information content (AvgIpc) is 2.78. The third-order valence-electron chi connectivity index (χ3n) is 6.53. The summed E-state index contributed by atoms with van der Waals surface area (Å²) in [6.07, 6.45) is 4.90. The van der Waals surface area contributed by atoms with Crippen LogP contribution in [-0.2, 0) is 17.4 Å². The predicted octanol–water partition coefficient (Wildman–Crippen LogP) is 4.52. The molecule has 1 aliphatic rings. The molecule has 6 heteroatoms. The Bertz CT molecular complexity index is 856. The number of hydrogen-bond donors (Lipinski definition) is 4. The van der Waals surface area contributed by atoms with Crippen LogP contribution in [0.4, 0.5) is 8.78 Å². The van der Waals surface area contributed by atoms with Crippen LogP contribution in [0.1, 0.15) is 69.6 Å². The van der Waals surface area contributed by atoms with Gasteiger partial charge in [-0.25, -0.2) is 8.78 Å². The number of aliphatic hydroxyl groups is 1. The number of halogens is 2. The summed E-state index contributed by atoms with van der Waals surface area (Å²) in [7, 11) is 1.50. The van der Waals surface area contributed by atoms with Crippen molar-refractivity contribution < 1.29 is 13.9 Å². The van der Waals surface area contributed by atoms with E-state index in [1.165, 1.54) is 36.7 Å². The van der Waals surface area contributed by atoms with Crippen molar-refractivity contribution in [2.45, 2.75) is 82.4 Å². The topological polar surface area (TPSA) is 84.3 Å². The van der Waals surface area contributed by atoms with Crippen molar-refractivity contribution in [3.8, 4) is 0 Å². The molecule has 0 aromatic heterocycles. The minimum atomic E-state index is -0.823. The van der Waals surface area contributed by atoms with Gasteiger partial charge in [0.25, 0.3) is 0 Å². The molecule has 0 bridgehead atoms. The SMILES string of the molecule is CC(C)(C)c1cccc(C2(NCC(O)C(N)Cc3cc(F)cc(F)c3)CCCCC2)c1.CN. The number of hydrogen-bond acceptors (Lipinski definition) is 4. The number of aliphatic hydroxyl groups excluding tert-OH is 1. The molecule has 0 amide bonds.